The number of phenolic OH excluding ortho intramolecular Hbond substituents is 1. The lowest BCUT2D eigenvalue weighted by Gasteiger charge is -2.11. The number of imidazole rings is 1. The molecule has 5 heteroatoms. The predicted molar refractivity (Wildman–Crippen MR) is 84.0 cm³/mol. The van der Waals surface area contributed by atoms with E-state index < -0.39 is 0 Å². The van der Waals surface area contributed by atoms with Crippen LogP contribution in [-0.2, 0) is 6.54 Å². The summed E-state index contributed by atoms with van der Waals surface area (Å²) in [4.78, 5) is 4.04. The second-order valence-electron chi connectivity index (χ2n) is 4.61. The molecule has 2 aromatic carbocycles. The summed E-state index contributed by atoms with van der Waals surface area (Å²) in [6.45, 7) is 0.457. The summed E-state index contributed by atoms with van der Waals surface area (Å²) in [6, 6.07) is 13.1. The molecule has 106 valence electrons. The van der Waals surface area contributed by atoms with Crippen molar-refractivity contribution < 1.29 is 5.11 Å². The van der Waals surface area contributed by atoms with Crippen LogP contribution in [0.15, 0.2) is 61.2 Å². The Morgan fingerprint density at radius 2 is 2.05 bits per heavy atom. The van der Waals surface area contributed by atoms with Crippen LogP contribution in [-0.4, -0.2) is 14.7 Å². The van der Waals surface area contributed by atoms with Crippen LogP contribution in [0.4, 0.5) is 5.69 Å². The Kier molecular flexibility index (Phi) is 3.79. The van der Waals surface area contributed by atoms with Gasteiger partial charge in [0.15, 0.2) is 0 Å². The molecular weight excluding hydrogens is 286 g/mol. The Morgan fingerprint density at radius 1 is 1.19 bits per heavy atom. The standard InChI is InChI=1S/C16H14ClN3O/c17-15-5-2-6-16(21)14(15)10-19-12-3-1-4-13(9-12)20-8-7-18-11-20/h1-9,11,19,21H,10H2. The van der Waals surface area contributed by atoms with Crippen molar-refractivity contribution in [2.75, 3.05) is 5.32 Å². The minimum atomic E-state index is 0.195. The van der Waals surface area contributed by atoms with Gasteiger partial charge in [-0.15, -0.1) is 0 Å². The normalized spacial score (nSPS) is 10.5. The van der Waals surface area contributed by atoms with Gasteiger partial charge >= 0.3 is 0 Å². The largest absolute Gasteiger partial charge is 0.508 e. The highest BCUT2D eigenvalue weighted by Crippen LogP contribution is 2.26. The van der Waals surface area contributed by atoms with Crippen LogP contribution in [0.3, 0.4) is 0 Å². The number of phenols is 1. The van der Waals surface area contributed by atoms with E-state index in [1.165, 1.54) is 0 Å². The third-order valence-corrected chi connectivity index (χ3v) is 3.57. The van der Waals surface area contributed by atoms with Crippen molar-refractivity contribution in [1.82, 2.24) is 9.55 Å². The Labute approximate surface area is 127 Å². The fourth-order valence-corrected chi connectivity index (χ4v) is 2.34. The predicted octanol–water partition coefficient (Wildman–Crippen LogP) is 3.84. The van der Waals surface area contributed by atoms with Crippen LogP contribution in [0.25, 0.3) is 5.69 Å². The number of benzene rings is 2. The second-order valence-corrected chi connectivity index (χ2v) is 5.02. The van der Waals surface area contributed by atoms with Crippen LogP contribution >= 0.6 is 11.6 Å². The third-order valence-electron chi connectivity index (χ3n) is 3.21. The average Bonchev–Trinajstić information content (AvgIpc) is 3.01. The van der Waals surface area contributed by atoms with Crippen molar-refractivity contribution >= 4 is 17.3 Å². The Morgan fingerprint density at radius 3 is 2.81 bits per heavy atom. The molecule has 1 aromatic heterocycles. The summed E-state index contributed by atoms with van der Waals surface area (Å²) in [7, 11) is 0. The van der Waals surface area contributed by atoms with Crippen LogP contribution in [0.5, 0.6) is 5.75 Å². The highest BCUT2D eigenvalue weighted by molar-refractivity contribution is 6.31. The van der Waals surface area contributed by atoms with Crippen molar-refractivity contribution in [3.05, 3.63) is 71.8 Å². The number of anilines is 1. The van der Waals surface area contributed by atoms with Gasteiger partial charge in [0.1, 0.15) is 5.75 Å². The lowest BCUT2D eigenvalue weighted by Crippen LogP contribution is -2.01. The quantitative estimate of drug-likeness (QED) is 0.769. The van der Waals surface area contributed by atoms with Crippen LogP contribution in [0.2, 0.25) is 5.02 Å². The average molecular weight is 300 g/mol. The topological polar surface area (TPSA) is 50.1 Å². The minimum Gasteiger partial charge on any atom is -0.508 e. The molecule has 0 saturated heterocycles. The van der Waals surface area contributed by atoms with E-state index in [2.05, 4.69) is 10.3 Å². The molecule has 0 radical (unpaired) electrons. The van der Waals surface area contributed by atoms with Crippen molar-refractivity contribution in [2.45, 2.75) is 6.54 Å². The molecule has 0 unspecified atom stereocenters. The molecule has 0 aliphatic carbocycles. The fourth-order valence-electron chi connectivity index (χ4n) is 2.10. The van der Waals surface area contributed by atoms with Crippen molar-refractivity contribution in [2.24, 2.45) is 0 Å². The first kappa shape index (κ1) is 13.5. The molecule has 4 nitrogen and oxygen atoms in total. The summed E-state index contributed by atoms with van der Waals surface area (Å²) in [5.41, 5.74) is 2.65. The summed E-state index contributed by atoms with van der Waals surface area (Å²) < 4.78 is 1.93. The minimum absolute atomic E-state index is 0.195. The van der Waals surface area contributed by atoms with Crippen molar-refractivity contribution in [1.29, 1.82) is 0 Å². The zero-order valence-electron chi connectivity index (χ0n) is 11.2. The van der Waals surface area contributed by atoms with E-state index in [4.69, 9.17) is 11.6 Å². The maximum Gasteiger partial charge on any atom is 0.122 e. The molecule has 2 N–H and O–H groups in total. The number of halogens is 1. The Balaban J connectivity index is 1.78. The van der Waals surface area contributed by atoms with E-state index >= 15 is 0 Å². The molecule has 0 amide bonds. The highest BCUT2D eigenvalue weighted by atomic mass is 35.5. The first-order valence-electron chi connectivity index (χ1n) is 6.52. The van der Waals surface area contributed by atoms with Gasteiger partial charge in [-0.25, -0.2) is 4.98 Å². The molecule has 0 atom stereocenters. The summed E-state index contributed by atoms with van der Waals surface area (Å²) >= 11 is 6.10. The second kappa shape index (κ2) is 5.89. The van der Waals surface area contributed by atoms with Gasteiger partial charge in [-0.3, -0.25) is 0 Å². The number of nitrogens with zero attached hydrogens (tertiary/aromatic N) is 2. The van der Waals surface area contributed by atoms with Gasteiger partial charge in [0.25, 0.3) is 0 Å². The number of rotatable bonds is 4. The molecule has 0 saturated carbocycles. The van der Waals surface area contributed by atoms with Crippen molar-refractivity contribution in [3.63, 3.8) is 0 Å². The molecule has 0 bridgehead atoms. The van der Waals surface area contributed by atoms with E-state index in [9.17, 15) is 5.11 Å². The van der Waals surface area contributed by atoms with E-state index in [0.29, 0.717) is 17.1 Å². The van der Waals surface area contributed by atoms with E-state index in [1.54, 1.807) is 30.7 Å². The van der Waals surface area contributed by atoms with Crippen LogP contribution < -0.4 is 5.32 Å². The maximum absolute atomic E-state index is 9.84. The van der Waals surface area contributed by atoms with Gasteiger partial charge in [0, 0.05) is 40.9 Å². The number of aromatic nitrogens is 2. The van der Waals surface area contributed by atoms with E-state index in [0.717, 1.165) is 11.4 Å². The first-order valence-corrected chi connectivity index (χ1v) is 6.90. The smallest absolute Gasteiger partial charge is 0.122 e. The summed E-state index contributed by atoms with van der Waals surface area (Å²) in [6.07, 6.45) is 5.37. The van der Waals surface area contributed by atoms with Gasteiger partial charge in [0.2, 0.25) is 0 Å². The first-order chi connectivity index (χ1) is 10.2. The maximum atomic E-state index is 9.84. The Hall–Kier alpha value is -2.46. The van der Waals surface area contributed by atoms with Gasteiger partial charge < -0.3 is 15.0 Å². The van der Waals surface area contributed by atoms with Gasteiger partial charge in [-0.2, -0.15) is 0 Å². The van der Waals surface area contributed by atoms with Gasteiger partial charge in [0.05, 0.1) is 6.33 Å². The molecule has 21 heavy (non-hydrogen) atoms. The molecule has 0 aliphatic heterocycles. The monoisotopic (exact) mass is 299 g/mol. The zero-order valence-corrected chi connectivity index (χ0v) is 12.0. The summed E-state index contributed by atoms with van der Waals surface area (Å²) in [5.74, 6) is 0.195. The lowest BCUT2D eigenvalue weighted by atomic mass is 10.2. The molecule has 3 aromatic rings. The van der Waals surface area contributed by atoms with E-state index in [1.807, 2.05) is 35.0 Å². The fraction of sp³-hybridized carbons (Fsp3) is 0.0625. The molecular formula is C16H14ClN3O. The molecule has 1 heterocycles. The number of hydrogen-bond donors (Lipinski definition) is 2. The highest BCUT2D eigenvalue weighted by Gasteiger charge is 2.06. The Bertz CT molecular complexity index is 721. The SMILES string of the molecule is Oc1cccc(Cl)c1CNc1cccc(-n2ccnc2)c1. The summed E-state index contributed by atoms with van der Waals surface area (Å²) in [5, 5.41) is 13.7. The van der Waals surface area contributed by atoms with Gasteiger partial charge in [-0.05, 0) is 30.3 Å². The molecule has 0 fully saturated rings. The number of nitrogens with one attached hydrogen (secondary N) is 1. The molecule has 3 rings (SSSR count). The zero-order chi connectivity index (χ0) is 14.7. The van der Waals surface area contributed by atoms with Gasteiger partial charge in [-0.1, -0.05) is 23.7 Å². The molecule has 0 spiro atoms. The number of aromatic hydroxyl groups is 1. The van der Waals surface area contributed by atoms with Crippen molar-refractivity contribution in [3.8, 4) is 11.4 Å². The van der Waals surface area contributed by atoms with E-state index in [-0.39, 0.29) is 5.75 Å². The third kappa shape index (κ3) is 3.01. The molecule has 0 aliphatic rings. The van der Waals surface area contributed by atoms with Crippen LogP contribution in [0.1, 0.15) is 5.56 Å². The lowest BCUT2D eigenvalue weighted by molar-refractivity contribution is 0.469. The number of hydrogen-bond acceptors (Lipinski definition) is 3. The van der Waals surface area contributed by atoms with Crippen LogP contribution in [0, 0.1) is 0 Å².